The van der Waals surface area contributed by atoms with Gasteiger partial charge in [-0.2, -0.15) is 0 Å². The van der Waals surface area contributed by atoms with Gasteiger partial charge in [-0.15, -0.1) is 0 Å². The Morgan fingerprint density at radius 2 is 2.05 bits per heavy atom. The first-order valence-electron chi connectivity index (χ1n) is 6.37. The van der Waals surface area contributed by atoms with E-state index in [9.17, 15) is 9.90 Å². The fraction of sp³-hybridized carbons (Fsp3) is 0.267. The number of ether oxygens (including phenoxy) is 1. The predicted octanol–water partition coefficient (Wildman–Crippen LogP) is 2.47. The minimum absolute atomic E-state index is 0.0123. The van der Waals surface area contributed by atoms with Gasteiger partial charge in [-0.1, -0.05) is 35.9 Å². The summed E-state index contributed by atoms with van der Waals surface area (Å²) in [5.41, 5.74) is 0.858. The molecule has 1 fully saturated rings. The number of rotatable bonds is 3. The van der Waals surface area contributed by atoms with E-state index >= 15 is 0 Å². The van der Waals surface area contributed by atoms with Crippen LogP contribution in [0, 0.1) is 0 Å². The third-order valence-corrected chi connectivity index (χ3v) is 3.24. The first kappa shape index (κ1) is 14.6. The van der Waals surface area contributed by atoms with Crippen LogP contribution in [0.4, 0.5) is 0 Å². The Balaban J connectivity index is 1.89. The van der Waals surface area contributed by atoms with E-state index in [2.05, 4.69) is 0 Å². The van der Waals surface area contributed by atoms with Crippen molar-refractivity contribution in [3.05, 3.63) is 47.0 Å². The molecule has 1 aliphatic rings. The van der Waals surface area contributed by atoms with Crippen LogP contribution < -0.4 is 0 Å². The topological polar surface area (TPSA) is 49.8 Å². The van der Waals surface area contributed by atoms with Gasteiger partial charge in [0.25, 0.3) is 0 Å². The van der Waals surface area contributed by atoms with Gasteiger partial charge in [-0.05, 0) is 17.7 Å². The molecule has 2 rings (SSSR count). The monoisotopic (exact) mass is 293 g/mol. The summed E-state index contributed by atoms with van der Waals surface area (Å²) in [6, 6.07) is 4.94. The molecule has 0 aromatic heterocycles. The normalized spacial score (nSPS) is 16.1. The lowest BCUT2D eigenvalue weighted by Crippen LogP contribution is -2.39. The number of morpholine rings is 1. The second-order valence-corrected chi connectivity index (χ2v) is 4.77. The maximum Gasteiger partial charge on any atom is 0.246 e. The number of nitrogens with zero attached hydrogens (tertiary/aromatic N) is 1. The lowest BCUT2D eigenvalue weighted by molar-refractivity contribution is -0.129. The Morgan fingerprint density at radius 1 is 1.30 bits per heavy atom. The molecule has 1 saturated heterocycles. The van der Waals surface area contributed by atoms with Crippen molar-refractivity contribution in [1.82, 2.24) is 4.90 Å². The fourth-order valence-corrected chi connectivity index (χ4v) is 2.01. The number of halogens is 1. The number of hydrogen-bond acceptors (Lipinski definition) is 3. The van der Waals surface area contributed by atoms with Crippen molar-refractivity contribution in [2.75, 3.05) is 26.3 Å². The summed E-state index contributed by atoms with van der Waals surface area (Å²) in [5.74, 6) is 0.0449. The third kappa shape index (κ3) is 4.11. The summed E-state index contributed by atoms with van der Waals surface area (Å²) in [4.78, 5) is 13.6. The molecule has 0 bridgehead atoms. The first-order valence-corrected chi connectivity index (χ1v) is 6.74. The minimum Gasteiger partial charge on any atom is -0.506 e. The van der Waals surface area contributed by atoms with E-state index in [-0.39, 0.29) is 11.7 Å². The van der Waals surface area contributed by atoms with Crippen LogP contribution in [0.5, 0.6) is 5.75 Å². The summed E-state index contributed by atoms with van der Waals surface area (Å²) in [7, 11) is 0. The highest BCUT2D eigenvalue weighted by molar-refractivity contribution is 6.32. The van der Waals surface area contributed by atoms with Crippen LogP contribution in [-0.2, 0) is 9.53 Å². The summed E-state index contributed by atoms with van der Waals surface area (Å²) in [6.45, 7) is 2.48. The number of phenolic OH excluding ortho intramolecular Hbond substituents is 1. The Morgan fingerprint density at radius 3 is 2.75 bits per heavy atom. The first-order chi connectivity index (χ1) is 9.66. The number of carbonyl (C=O) groups excluding carboxylic acids is 1. The van der Waals surface area contributed by atoms with E-state index in [0.717, 1.165) is 5.56 Å². The van der Waals surface area contributed by atoms with Crippen LogP contribution in [0.2, 0.25) is 5.02 Å². The van der Waals surface area contributed by atoms with Crippen molar-refractivity contribution in [2.24, 2.45) is 0 Å². The molecule has 5 heteroatoms. The van der Waals surface area contributed by atoms with E-state index in [1.165, 1.54) is 12.1 Å². The van der Waals surface area contributed by atoms with Crippen LogP contribution >= 0.6 is 11.6 Å². The Labute approximate surface area is 122 Å². The van der Waals surface area contributed by atoms with Crippen molar-refractivity contribution >= 4 is 23.6 Å². The van der Waals surface area contributed by atoms with Crippen LogP contribution in [0.3, 0.4) is 0 Å². The van der Waals surface area contributed by atoms with E-state index in [4.69, 9.17) is 16.3 Å². The minimum atomic E-state index is -0.0123. The SMILES string of the molecule is O=C(/C=C/C=C/c1ccc(O)c(Cl)c1)N1CCOCC1. The molecule has 0 aliphatic carbocycles. The van der Waals surface area contributed by atoms with Gasteiger partial charge >= 0.3 is 0 Å². The molecule has 1 aliphatic heterocycles. The second kappa shape index (κ2) is 7.12. The molecule has 20 heavy (non-hydrogen) atoms. The second-order valence-electron chi connectivity index (χ2n) is 4.37. The average molecular weight is 294 g/mol. The molecule has 0 atom stereocenters. The number of benzene rings is 1. The van der Waals surface area contributed by atoms with Crippen molar-refractivity contribution in [3.8, 4) is 5.75 Å². The zero-order chi connectivity index (χ0) is 14.4. The van der Waals surface area contributed by atoms with E-state index in [1.54, 1.807) is 29.2 Å². The average Bonchev–Trinajstić information content (AvgIpc) is 2.48. The maximum atomic E-state index is 11.8. The van der Waals surface area contributed by atoms with Gasteiger partial charge in [0.15, 0.2) is 0 Å². The highest BCUT2D eigenvalue weighted by Crippen LogP contribution is 2.24. The van der Waals surface area contributed by atoms with Gasteiger partial charge in [-0.3, -0.25) is 4.79 Å². The number of amides is 1. The molecule has 0 saturated carbocycles. The summed E-state index contributed by atoms with van der Waals surface area (Å²) >= 11 is 5.80. The van der Waals surface area contributed by atoms with Crippen molar-refractivity contribution < 1.29 is 14.6 Å². The molecular formula is C15H16ClNO3. The Bertz CT molecular complexity index is 534. The summed E-state index contributed by atoms with van der Waals surface area (Å²) in [6.07, 6.45) is 6.80. The molecule has 0 radical (unpaired) electrons. The van der Waals surface area contributed by atoms with Gasteiger partial charge in [0.2, 0.25) is 5.91 Å². The standard InChI is InChI=1S/C15H16ClNO3/c16-13-11-12(5-6-14(13)18)3-1-2-4-15(19)17-7-9-20-10-8-17/h1-6,11,18H,7-10H2/b3-1+,4-2+. The molecule has 1 aromatic rings. The van der Waals surface area contributed by atoms with Crippen molar-refractivity contribution in [2.45, 2.75) is 0 Å². The van der Waals surface area contributed by atoms with Crippen LogP contribution in [-0.4, -0.2) is 42.2 Å². The lowest BCUT2D eigenvalue weighted by Gasteiger charge is -2.25. The zero-order valence-electron chi connectivity index (χ0n) is 11.0. The number of hydrogen-bond donors (Lipinski definition) is 1. The summed E-state index contributed by atoms with van der Waals surface area (Å²) < 4.78 is 5.19. The molecule has 106 valence electrons. The third-order valence-electron chi connectivity index (χ3n) is 2.93. The molecule has 4 nitrogen and oxygen atoms in total. The number of aromatic hydroxyl groups is 1. The molecule has 0 unspecified atom stereocenters. The number of phenols is 1. The lowest BCUT2D eigenvalue weighted by atomic mass is 10.2. The molecule has 0 spiro atoms. The Hall–Kier alpha value is -1.78. The van der Waals surface area contributed by atoms with E-state index in [1.807, 2.05) is 6.08 Å². The van der Waals surface area contributed by atoms with Crippen molar-refractivity contribution in [3.63, 3.8) is 0 Å². The van der Waals surface area contributed by atoms with Gasteiger partial charge in [0.1, 0.15) is 5.75 Å². The molecule has 1 amide bonds. The van der Waals surface area contributed by atoms with Gasteiger partial charge in [0, 0.05) is 19.2 Å². The molecular weight excluding hydrogens is 278 g/mol. The largest absolute Gasteiger partial charge is 0.506 e. The van der Waals surface area contributed by atoms with Gasteiger partial charge in [-0.25, -0.2) is 0 Å². The van der Waals surface area contributed by atoms with Crippen LogP contribution in [0.25, 0.3) is 6.08 Å². The molecule has 1 N–H and O–H groups in total. The van der Waals surface area contributed by atoms with Crippen LogP contribution in [0.15, 0.2) is 36.4 Å². The summed E-state index contributed by atoms with van der Waals surface area (Å²) in [5, 5.41) is 9.61. The predicted molar refractivity (Wildman–Crippen MR) is 78.7 cm³/mol. The highest BCUT2D eigenvalue weighted by Gasteiger charge is 2.13. The molecule has 1 heterocycles. The zero-order valence-corrected chi connectivity index (χ0v) is 11.7. The smallest absolute Gasteiger partial charge is 0.246 e. The van der Waals surface area contributed by atoms with E-state index in [0.29, 0.717) is 31.3 Å². The Kier molecular flexibility index (Phi) is 5.21. The maximum absolute atomic E-state index is 11.8. The van der Waals surface area contributed by atoms with Crippen molar-refractivity contribution in [1.29, 1.82) is 0 Å². The number of allylic oxidation sites excluding steroid dienone is 2. The van der Waals surface area contributed by atoms with E-state index < -0.39 is 0 Å². The molecule has 1 aromatic carbocycles. The quantitative estimate of drug-likeness (QED) is 0.688. The van der Waals surface area contributed by atoms with Crippen LogP contribution in [0.1, 0.15) is 5.56 Å². The fourth-order valence-electron chi connectivity index (χ4n) is 1.82. The highest BCUT2D eigenvalue weighted by atomic mass is 35.5. The van der Waals surface area contributed by atoms with Gasteiger partial charge in [0.05, 0.1) is 18.2 Å². The van der Waals surface area contributed by atoms with Gasteiger partial charge < -0.3 is 14.7 Å². The number of carbonyl (C=O) groups is 1.